The van der Waals surface area contributed by atoms with Crippen LogP contribution in [0.3, 0.4) is 0 Å². The minimum atomic E-state index is -4.39. The molecule has 1 unspecified atom stereocenters. The van der Waals surface area contributed by atoms with Gasteiger partial charge in [-0.3, -0.25) is 4.79 Å². The van der Waals surface area contributed by atoms with Gasteiger partial charge in [0.15, 0.2) is 0 Å². The van der Waals surface area contributed by atoms with Gasteiger partial charge in [-0.1, -0.05) is 23.2 Å². The van der Waals surface area contributed by atoms with Crippen molar-refractivity contribution in [1.29, 1.82) is 0 Å². The number of nitrogens with two attached hydrogens (primary N) is 1. The molecule has 0 radical (unpaired) electrons. The van der Waals surface area contributed by atoms with Crippen molar-refractivity contribution in [3.63, 3.8) is 0 Å². The summed E-state index contributed by atoms with van der Waals surface area (Å²) in [5, 5.41) is 6.10. The fourth-order valence-corrected chi connectivity index (χ4v) is 3.37. The van der Waals surface area contributed by atoms with E-state index in [4.69, 9.17) is 33.1 Å². The molecule has 1 amide bonds. The molecule has 1 aromatic carbocycles. The van der Waals surface area contributed by atoms with E-state index in [2.05, 4.69) is 5.32 Å². The van der Waals surface area contributed by atoms with E-state index in [1.165, 1.54) is 7.11 Å². The van der Waals surface area contributed by atoms with Crippen molar-refractivity contribution in [1.82, 2.24) is 5.32 Å². The summed E-state index contributed by atoms with van der Waals surface area (Å²) >= 11 is 11.4. The smallest absolute Gasteiger partial charge is 0.253 e. The van der Waals surface area contributed by atoms with E-state index < -0.39 is 42.7 Å². The predicted molar refractivity (Wildman–Crippen MR) is 76.6 cm³/mol. The van der Waals surface area contributed by atoms with Crippen molar-refractivity contribution in [3.8, 4) is 0 Å². The zero-order valence-corrected chi connectivity index (χ0v) is 13.4. The minimum absolute atomic E-state index is 0.210. The Morgan fingerprint density at radius 2 is 2.05 bits per heavy atom. The molecule has 1 rings (SSSR count). The number of halogens is 3. The number of methoxy groups -OCH3 is 1. The average Bonchev–Trinajstić information content (AvgIpc) is 2.32. The normalized spacial score (nSPS) is 13.0. The van der Waals surface area contributed by atoms with Crippen LogP contribution in [-0.2, 0) is 14.8 Å². The van der Waals surface area contributed by atoms with Crippen molar-refractivity contribution in [3.05, 3.63) is 27.5 Å². The molecule has 1 aromatic rings. The van der Waals surface area contributed by atoms with Crippen LogP contribution in [0.15, 0.2) is 11.0 Å². The van der Waals surface area contributed by atoms with Crippen LogP contribution in [0.5, 0.6) is 0 Å². The molecule has 0 bridgehead atoms. The van der Waals surface area contributed by atoms with Gasteiger partial charge in [0.25, 0.3) is 5.91 Å². The first-order chi connectivity index (χ1) is 9.59. The molecule has 0 fully saturated rings. The maximum absolute atomic E-state index is 13.7. The molecule has 118 valence electrons. The Kier molecular flexibility index (Phi) is 5.94. The van der Waals surface area contributed by atoms with Crippen molar-refractivity contribution >= 4 is 39.1 Å². The Bertz CT molecular complexity index is 667. The van der Waals surface area contributed by atoms with E-state index in [-0.39, 0.29) is 12.2 Å². The number of carbonyl (C=O) groups is 1. The highest BCUT2D eigenvalue weighted by Crippen LogP contribution is 2.33. The van der Waals surface area contributed by atoms with Crippen molar-refractivity contribution in [2.45, 2.75) is 17.9 Å². The van der Waals surface area contributed by atoms with Crippen molar-refractivity contribution in [2.75, 3.05) is 13.7 Å². The third-order valence-corrected chi connectivity index (χ3v) is 4.40. The zero-order chi connectivity index (χ0) is 16.4. The zero-order valence-electron chi connectivity index (χ0n) is 11.1. The van der Waals surface area contributed by atoms with Gasteiger partial charge in [-0.05, 0) is 13.0 Å². The molecule has 6 nitrogen and oxygen atoms in total. The molecule has 3 N–H and O–H groups in total. The molecule has 0 aliphatic heterocycles. The van der Waals surface area contributed by atoms with Gasteiger partial charge in [0.1, 0.15) is 10.7 Å². The Morgan fingerprint density at radius 1 is 1.48 bits per heavy atom. The van der Waals surface area contributed by atoms with E-state index in [1.807, 2.05) is 0 Å². The number of nitrogens with one attached hydrogen (secondary N) is 1. The van der Waals surface area contributed by atoms with Crippen LogP contribution >= 0.6 is 23.2 Å². The van der Waals surface area contributed by atoms with Crippen LogP contribution in [0.2, 0.25) is 10.0 Å². The number of amides is 1. The van der Waals surface area contributed by atoms with Crippen molar-refractivity contribution < 1.29 is 22.3 Å². The van der Waals surface area contributed by atoms with Crippen LogP contribution in [0.25, 0.3) is 0 Å². The summed E-state index contributed by atoms with van der Waals surface area (Å²) in [5.41, 5.74) is -0.384. The highest BCUT2D eigenvalue weighted by atomic mass is 35.5. The van der Waals surface area contributed by atoms with Gasteiger partial charge in [-0.25, -0.2) is 17.9 Å². The van der Waals surface area contributed by atoms with Crippen LogP contribution in [0.1, 0.15) is 17.3 Å². The molecule has 0 aromatic heterocycles. The molecule has 0 aliphatic rings. The van der Waals surface area contributed by atoms with Crippen molar-refractivity contribution in [2.24, 2.45) is 5.14 Å². The van der Waals surface area contributed by atoms with Crippen LogP contribution in [0, 0.1) is 5.82 Å². The lowest BCUT2D eigenvalue weighted by atomic mass is 10.2. The van der Waals surface area contributed by atoms with Crippen LogP contribution in [0.4, 0.5) is 4.39 Å². The van der Waals surface area contributed by atoms with Gasteiger partial charge in [0.05, 0.1) is 22.2 Å². The third-order valence-electron chi connectivity index (χ3n) is 2.44. The fraction of sp³-hybridized carbons (Fsp3) is 0.364. The maximum Gasteiger partial charge on any atom is 0.253 e. The molecular formula is C11H13Cl2FN2O4S. The van der Waals surface area contributed by atoms with E-state index in [1.54, 1.807) is 6.92 Å². The first-order valence-corrected chi connectivity index (χ1v) is 7.90. The Labute approximate surface area is 131 Å². The predicted octanol–water partition coefficient (Wildman–Crippen LogP) is 1.54. The molecule has 1 atom stereocenters. The Hall–Kier alpha value is -0.930. The number of hydrogen-bond acceptors (Lipinski definition) is 4. The standard InChI is InChI=1S/C11H13Cl2FN2O4S/c1-5(4-20-2)16-11(17)6-3-7(14)9(13)10(8(6)12)21(15,18)19/h3,5H,4H2,1-2H3,(H,16,17)(H2,15,18,19). The monoisotopic (exact) mass is 358 g/mol. The largest absolute Gasteiger partial charge is 0.383 e. The van der Waals surface area contributed by atoms with Gasteiger partial charge in [0, 0.05) is 13.2 Å². The lowest BCUT2D eigenvalue weighted by Gasteiger charge is -2.15. The van der Waals surface area contributed by atoms with E-state index in [0.717, 1.165) is 6.07 Å². The number of rotatable bonds is 5. The fourth-order valence-electron chi connectivity index (χ4n) is 1.59. The lowest BCUT2D eigenvalue weighted by molar-refractivity contribution is 0.0905. The molecule has 10 heteroatoms. The molecular weight excluding hydrogens is 346 g/mol. The second-order valence-electron chi connectivity index (χ2n) is 4.24. The highest BCUT2D eigenvalue weighted by Gasteiger charge is 2.27. The number of sulfonamides is 1. The molecule has 0 aliphatic carbocycles. The highest BCUT2D eigenvalue weighted by molar-refractivity contribution is 7.89. The van der Waals surface area contributed by atoms with Gasteiger partial charge < -0.3 is 10.1 Å². The maximum atomic E-state index is 13.7. The minimum Gasteiger partial charge on any atom is -0.383 e. The van der Waals surface area contributed by atoms with E-state index >= 15 is 0 Å². The van der Waals surface area contributed by atoms with E-state index in [9.17, 15) is 17.6 Å². The summed E-state index contributed by atoms with van der Waals surface area (Å²) in [6, 6.07) is 0.351. The summed E-state index contributed by atoms with van der Waals surface area (Å²) in [7, 11) is -2.95. The Balaban J connectivity index is 3.33. The summed E-state index contributed by atoms with van der Waals surface area (Å²) < 4.78 is 41.3. The molecule has 0 saturated heterocycles. The first kappa shape index (κ1) is 18.1. The second-order valence-corrected chi connectivity index (χ2v) is 6.49. The number of primary sulfonamides is 1. The first-order valence-electron chi connectivity index (χ1n) is 5.59. The molecule has 0 heterocycles. The topological polar surface area (TPSA) is 98.5 Å². The summed E-state index contributed by atoms with van der Waals surface area (Å²) in [6.45, 7) is 1.85. The number of benzene rings is 1. The van der Waals surface area contributed by atoms with Gasteiger partial charge in [-0.15, -0.1) is 0 Å². The van der Waals surface area contributed by atoms with Crippen LogP contribution < -0.4 is 10.5 Å². The average molecular weight is 359 g/mol. The molecule has 0 saturated carbocycles. The number of hydrogen-bond donors (Lipinski definition) is 2. The summed E-state index contributed by atoms with van der Waals surface area (Å²) in [5.74, 6) is -1.89. The summed E-state index contributed by atoms with van der Waals surface area (Å²) in [4.78, 5) is 11.2. The van der Waals surface area contributed by atoms with E-state index in [0.29, 0.717) is 0 Å². The lowest BCUT2D eigenvalue weighted by Crippen LogP contribution is -2.36. The quantitative estimate of drug-likeness (QED) is 0.780. The molecule has 21 heavy (non-hydrogen) atoms. The number of carbonyl (C=O) groups excluding carboxylic acids is 1. The SMILES string of the molecule is COCC(C)NC(=O)c1cc(F)c(Cl)c(S(N)(=O)=O)c1Cl. The van der Waals surface area contributed by atoms with Gasteiger partial charge in [-0.2, -0.15) is 0 Å². The molecule has 0 spiro atoms. The van der Waals surface area contributed by atoms with Gasteiger partial charge >= 0.3 is 0 Å². The van der Waals surface area contributed by atoms with Crippen LogP contribution in [-0.4, -0.2) is 34.1 Å². The second kappa shape index (κ2) is 6.89. The number of ether oxygens (including phenoxy) is 1. The third kappa shape index (κ3) is 4.27. The van der Waals surface area contributed by atoms with Gasteiger partial charge in [0.2, 0.25) is 10.0 Å². The Morgan fingerprint density at radius 3 is 2.52 bits per heavy atom. The summed E-state index contributed by atoms with van der Waals surface area (Å²) in [6.07, 6.45) is 0.